The SMILES string of the molecule is COC[C@@H](CCF)N(CCF)C1CCN(C)CC1. The van der Waals surface area contributed by atoms with Crippen LogP contribution in [0.5, 0.6) is 0 Å². The van der Waals surface area contributed by atoms with E-state index in [-0.39, 0.29) is 19.4 Å². The molecule has 0 aromatic heterocycles. The number of hydrogen-bond donors (Lipinski definition) is 0. The molecule has 3 nitrogen and oxygen atoms in total. The predicted molar refractivity (Wildman–Crippen MR) is 69.5 cm³/mol. The van der Waals surface area contributed by atoms with E-state index in [1.54, 1.807) is 7.11 Å². The van der Waals surface area contributed by atoms with Gasteiger partial charge in [-0.05, 0) is 39.4 Å². The second-order valence-electron chi connectivity index (χ2n) is 5.05. The van der Waals surface area contributed by atoms with E-state index < -0.39 is 0 Å². The molecule has 1 aliphatic heterocycles. The molecular formula is C13H26F2N2O. The highest BCUT2D eigenvalue weighted by atomic mass is 19.1. The Hall–Kier alpha value is -0.260. The van der Waals surface area contributed by atoms with Crippen LogP contribution in [0.25, 0.3) is 0 Å². The third-order valence-electron chi connectivity index (χ3n) is 3.77. The molecule has 0 aromatic rings. The summed E-state index contributed by atoms with van der Waals surface area (Å²) in [7, 11) is 3.72. The van der Waals surface area contributed by atoms with Crippen molar-refractivity contribution in [1.82, 2.24) is 9.80 Å². The maximum absolute atomic E-state index is 12.7. The first-order valence-electron chi connectivity index (χ1n) is 6.78. The summed E-state index contributed by atoms with van der Waals surface area (Å²) in [6.45, 7) is 2.19. The van der Waals surface area contributed by atoms with Gasteiger partial charge in [-0.1, -0.05) is 0 Å². The molecule has 0 radical (unpaired) electrons. The zero-order valence-electron chi connectivity index (χ0n) is 11.6. The highest BCUT2D eigenvalue weighted by Crippen LogP contribution is 2.20. The fourth-order valence-electron chi connectivity index (χ4n) is 2.75. The van der Waals surface area contributed by atoms with Gasteiger partial charge in [-0.3, -0.25) is 9.29 Å². The van der Waals surface area contributed by atoms with Crippen LogP contribution in [-0.2, 0) is 4.74 Å². The molecule has 0 saturated carbocycles. The number of likely N-dealkylation sites (tertiary alicyclic amines) is 1. The number of ether oxygens (including phenoxy) is 1. The molecule has 1 heterocycles. The standard InChI is InChI=1S/C13H26F2N2O/c1-16-8-4-12(5-9-16)17(10-7-15)13(3-6-14)11-18-2/h12-13H,3-11H2,1-2H3/t13-/m1/s1. The summed E-state index contributed by atoms with van der Waals surface area (Å²) in [5, 5.41) is 0. The highest BCUT2D eigenvalue weighted by molar-refractivity contribution is 4.83. The minimum atomic E-state index is -0.376. The minimum Gasteiger partial charge on any atom is -0.383 e. The highest BCUT2D eigenvalue weighted by Gasteiger charge is 2.28. The monoisotopic (exact) mass is 264 g/mol. The van der Waals surface area contributed by atoms with Gasteiger partial charge in [-0.2, -0.15) is 0 Å². The second kappa shape index (κ2) is 8.77. The zero-order valence-corrected chi connectivity index (χ0v) is 11.6. The van der Waals surface area contributed by atoms with Crippen LogP contribution in [0, 0.1) is 0 Å². The first kappa shape index (κ1) is 15.8. The van der Waals surface area contributed by atoms with Gasteiger partial charge in [0, 0.05) is 25.7 Å². The number of alkyl halides is 2. The van der Waals surface area contributed by atoms with Gasteiger partial charge in [0.25, 0.3) is 0 Å². The lowest BCUT2D eigenvalue weighted by atomic mass is 10.0. The van der Waals surface area contributed by atoms with Crippen LogP contribution in [0.2, 0.25) is 0 Å². The number of nitrogens with zero attached hydrogens (tertiary/aromatic N) is 2. The Balaban J connectivity index is 2.59. The van der Waals surface area contributed by atoms with Crippen LogP contribution in [0.3, 0.4) is 0 Å². The largest absolute Gasteiger partial charge is 0.383 e. The molecule has 0 aromatic carbocycles. The Labute approximate surface area is 109 Å². The lowest BCUT2D eigenvalue weighted by Crippen LogP contribution is -2.50. The molecule has 1 rings (SSSR count). The van der Waals surface area contributed by atoms with E-state index in [0.29, 0.717) is 25.6 Å². The van der Waals surface area contributed by atoms with Crippen LogP contribution in [0.1, 0.15) is 19.3 Å². The van der Waals surface area contributed by atoms with Crippen molar-refractivity contribution < 1.29 is 13.5 Å². The molecule has 0 amide bonds. The Morgan fingerprint density at radius 2 is 1.94 bits per heavy atom. The van der Waals surface area contributed by atoms with E-state index in [9.17, 15) is 8.78 Å². The van der Waals surface area contributed by atoms with E-state index in [2.05, 4.69) is 16.8 Å². The molecule has 1 aliphatic rings. The van der Waals surface area contributed by atoms with Crippen LogP contribution in [-0.4, -0.2) is 75.6 Å². The predicted octanol–water partition coefficient (Wildman–Crippen LogP) is 1.73. The Morgan fingerprint density at radius 1 is 1.28 bits per heavy atom. The summed E-state index contributed by atoms with van der Waals surface area (Å²) < 4.78 is 30.5. The summed E-state index contributed by atoms with van der Waals surface area (Å²) in [6, 6.07) is 0.368. The Morgan fingerprint density at radius 3 is 2.44 bits per heavy atom. The first-order valence-corrected chi connectivity index (χ1v) is 6.78. The molecule has 108 valence electrons. The summed E-state index contributed by atoms with van der Waals surface area (Å²) in [6.07, 6.45) is 2.49. The average molecular weight is 264 g/mol. The molecule has 1 atom stereocenters. The van der Waals surface area contributed by atoms with Crippen molar-refractivity contribution in [2.24, 2.45) is 0 Å². The van der Waals surface area contributed by atoms with Gasteiger partial charge >= 0.3 is 0 Å². The maximum atomic E-state index is 12.7. The lowest BCUT2D eigenvalue weighted by molar-refractivity contribution is 0.0262. The number of halogens is 2. The summed E-state index contributed by atoms with van der Waals surface area (Å²) >= 11 is 0. The summed E-state index contributed by atoms with van der Waals surface area (Å²) in [5.41, 5.74) is 0. The number of hydrogen-bond acceptors (Lipinski definition) is 3. The third-order valence-corrected chi connectivity index (χ3v) is 3.77. The number of piperidine rings is 1. The van der Waals surface area contributed by atoms with Gasteiger partial charge in [0.1, 0.15) is 6.67 Å². The third kappa shape index (κ3) is 4.78. The fraction of sp³-hybridized carbons (Fsp3) is 1.00. The van der Waals surface area contributed by atoms with Crippen molar-refractivity contribution >= 4 is 0 Å². The van der Waals surface area contributed by atoms with Crippen molar-refractivity contribution in [1.29, 1.82) is 0 Å². The molecule has 1 saturated heterocycles. The van der Waals surface area contributed by atoms with Crippen molar-refractivity contribution in [2.45, 2.75) is 31.3 Å². The lowest BCUT2D eigenvalue weighted by Gasteiger charge is -2.41. The quantitative estimate of drug-likeness (QED) is 0.664. The Kier molecular flexibility index (Phi) is 7.70. The first-order chi connectivity index (χ1) is 8.72. The van der Waals surface area contributed by atoms with E-state index in [1.807, 2.05) is 0 Å². The fourth-order valence-corrected chi connectivity index (χ4v) is 2.75. The van der Waals surface area contributed by atoms with Crippen LogP contribution in [0.15, 0.2) is 0 Å². The summed E-state index contributed by atoms with van der Waals surface area (Å²) in [4.78, 5) is 4.40. The topological polar surface area (TPSA) is 15.7 Å². The molecule has 1 fully saturated rings. The van der Waals surface area contributed by atoms with Crippen molar-refractivity contribution in [3.8, 4) is 0 Å². The van der Waals surface area contributed by atoms with Gasteiger partial charge < -0.3 is 9.64 Å². The van der Waals surface area contributed by atoms with Gasteiger partial charge in [-0.25, -0.2) is 4.39 Å². The van der Waals surface area contributed by atoms with Crippen LogP contribution in [0.4, 0.5) is 8.78 Å². The molecule has 0 spiro atoms. The van der Waals surface area contributed by atoms with Gasteiger partial charge in [0.05, 0.1) is 13.3 Å². The molecule has 0 aliphatic carbocycles. The van der Waals surface area contributed by atoms with Crippen LogP contribution < -0.4 is 0 Å². The Bertz CT molecular complexity index is 205. The van der Waals surface area contributed by atoms with E-state index in [1.165, 1.54) is 0 Å². The molecular weight excluding hydrogens is 238 g/mol. The van der Waals surface area contributed by atoms with Crippen molar-refractivity contribution in [2.75, 3.05) is 53.7 Å². The molecule has 5 heteroatoms. The van der Waals surface area contributed by atoms with Crippen LogP contribution >= 0.6 is 0 Å². The molecule has 18 heavy (non-hydrogen) atoms. The molecule has 0 N–H and O–H groups in total. The normalized spacial score (nSPS) is 20.5. The summed E-state index contributed by atoms with van der Waals surface area (Å²) in [5.74, 6) is 0. The van der Waals surface area contributed by atoms with Gasteiger partial charge in [0.2, 0.25) is 0 Å². The maximum Gasteiger partial charge on any atom is 0.102 e. The van der Waals surface area contributed by atoms with Crippen molar-refractivity contribution in [3.05, 3.63) is 0 Å². The number of methoxy groups -OCH3 is 1. The average Bonchev–Trinajstić information content (AvgIpc) is 2.37. The molecule has 0 unspecified atom stereocenters. The van der Waals surface area contributed by atoms with E-state index in [4.69, 9.17) is 4.74 Å². The minimum absolute atomic E-state index is 0.00385. The zero-order chi connectivity index (χ0) is 13.4. The number of rotatable bonds is 8. The second-order valence-corrected chi connectivity index (χ2v) is 5.05. The van der Waals surface area contributed by atoms with Gasteiger partial charge in [-0.15, -0.1) is 0 Å². The van der Waals surface area contributed by atoms with Crippen molar-refractivity contribution in [3.63, 3.8) is 0 Å². The van der Waals surface area contributed by atoms with E-state index in [0.717, 1.165) is 25.9 Å². The smallest absolute Gasteiger partial charge is 0.102 e. The molecule has 0 bridgehead atoms. The van der Waals surface area contributed by atoms with Gasteiger partial charge in [0.15, 0.2) is 0 Å². The van der Waals surface area contributed by atoms with E-state index >= 15 is 0 Å².